The van der Waals surface area contributed by atoms with Crippen LogP contribution in [0.5, 0.6) is 11.5 Å². The largest absolute Gasteiger partial charge is 0.504 e. The molecule has 0 aliphatic heterocycles. The number of methoxy groups -OCH3 is 1. The van der Waals surface area contributed by atoms with Crippen molar-refractivity contribution in [2.75, 3.05) is 14.2 Å². The van der Waals surface area contributed by atoms with Gasteiger partial charge in [-0.25, -0.2) is 0 Å². The summed E-state index contributed by atoms with van der Waals surface area (Å²) in [4.78, 5) is 14.1. The van der Waals surface area contributed by atoms with Gasteiger partial charge in [0.2, 0.25) is 5.91 Å². The molecule has 0 spiro atoms. The molecule has 2 rings (SSSR count). The van der Waals surface area contributed by atoms with E-state index in [1.165, 1.54) is 20.0 Å². The summed E-state index contributed by atoms with van der Waals surface area (Å²) < 4.78 is 5.09. The first kappa shape index (κ1) is 16.6. The molecule has 2 unspecified atom stereocenters. The number of aromatic hydroxyl groups is 1. The van der Waals surface area contributed by atoms with Crippen LogP contribution < -0.4 is 10.5 Å². The number of amides is 1. The Morgan fingerprint density at radius 2 is 2.14 bits per heavy atom. The average Bonchev–Trinajstić information content (AvgIpc) is 2.51. The number of hydrogen-bond donors (Lipinski definition) is 2. The maximum atomic E-state index is 12.4. The molecule has 0 saturated heterocycles. The van der Waals surface area contributed by atoms with Gasteiger partial charge in [0.15, 0.2) is 11.5 Å². The Morgan fingerprint density at radius 1 is 1.41 bits per heavy atom. The maximum Gasteiger partial charge on any atom is 0.222 e. The smallest absolute Gasteiger partial charge is 0.222 e. The molecule has 1 aliphatic carbocycles. The number of ether oxygens (including phenoxy) is 1. The van der Waals surface area contributed by atoms with Crippen LogP contribution in [0.25, 0.3) is 0 Å². The number of phenolic OH excluding ortho intramolecular Hbond substituents is 1. The molecule has 0 heterocycles. The molecule has 0 aromatic heterocycles. The topological polar surface area (TPSA) is 75.8 Å². The van der Waals surface area contributed by atoms with E-state index in [0.717, 1.165) is 18.4 Å². The highest BCUT2D eigenvalue weighted by molar-refractivity contribution is 5.76. The predicted octanol–water partition coefficient (Wildman–Crippen LogP) is 2.27. The number of carbonyl (C=O) groups excluding carboxylic acids is 1. The Morgan fingerprint density at radius 3 is 2.82 bits per heavy atom. The molecule has 122 valence electrons. The van der Waals surface area contributed by atoms with E-state index in [4.69, 9.17) is 10.5 Å². The van der Waals surface area contributed by atoms with Gasteiger partial charge in [0.25, 0.3) is 0 Å². The van der Waals surface area contributed by atoms with Gasteiger partial charge in [-0.1, -0.05) is 18.9 Å². The monoisotopic (exact) mass is 306 g/mol. The first-order valence-corrected chi connectivity index (χ1v) is 7.86. The third-order valence-corrected chi connectivity index (χ3v) is 4.49. The lowest BCUT2D eigenvalue weighted by molar-refractivity contribution is -0.131. The lowest BCUT2D eigenvalue weighted by Gasteiger charge is -2.29. The average molecular weight is 306 g/mol. The van der Waals surface area contributed by atoms with Crippen LogP contribution in [0.4, 0.5) is 0 Å². The van der Waals surface area contributed by atoms with Crippen molar-refractivity contribution in [1.82, 2.24) is 4.90 Å². The summed E-state index contributed by atoms with van der Waals surface area (Å²) in [6, 6.07) is 5.29. The normalized spacial score (nSPS) is 21.4. The van der Waals surface area contributed by atoms with Gasteiger partial charge >= 0.3 is 0 Å². The van der Waals surface area contributed by atoms with Gasteiger partial charge in [-0.05, 0) is 36.5 Å². The van der Waals surface area contributed by atoms with Crippen molar-refractivity contribution in [3.8, 4) is 11.5 Å². The van der Waals surface area contributed by atoms with Crippen LogP contribution in [0.1, 0.15) is 37.7 Å². The van der Waals surface area contributed by atoms with Crippen LogP contribution in [-0.4, -0.2) is 36.1 Å². The minimum Gasteiger partial charge on any atom is -0.504 e. The molecule has 0 bridgehead atoms. The zero-order valence-electron chi connectivity index (χ0n) is 13.4. The summed E-state index contributed by atoms with van der Waals surface area (Å²) in [5.41, 5.74) is 7.05. The Bertz CT molecular complexity index is 519. The Kier molecular flexibility index (Phi) is 5.66. The van der Waals surface area contributed by atoms with Gasteiger partial charge in [-0.3, -0.25) is 4.79 Å². The minimum absolute atomic E-state index is 0.105. The SMILES string of the molecule is COc1cc(CN(C)C(=O)CC2CCCCC2N)ccc1O. The lowest BCUT2D eigenvalue weighted by Crippen LogP contribution is -2.37. The Labute approximate surface area is 132 Å². The van der Waals surface area contributed by atoms with Gasteiger partial charge in [0.05, 0.1) is 7.11 Å². The van der Waals surface area contributed by atoms with Crippen molar-refractivity contribution in [3.63, 3.8) is 0 Å². The van der Waals surface area contributed by atoms with Gasteiger partial charge in [0.1, 0.15) is 0 Å². The highest BCUT2D eigenvalue weighted by Crippen LogP contribution is 2.28. The summed E-state index contributed by atoms with van der Waals surface area (Å²) in [6.07, 6.45) is 4.94. The first-order chi connectivity index (χ1) is 10.5. The van der Waals surface area contributed by atoms with Crippen molar-refractivity contribution in [2.45, 2.75) is 44.7 Å². The molecule has 1 aromatic rings. The molecule has 1 saturated carbocycles. The van der Waals surface area contributed by atoms with Gasteiger partial charge in [-0.15, -0.1) is 0 Å². The molecule has 1 aromatic carbocycles. The molecule has 3 N–H and O–H groups in total. The highest BCUT2D eigenvalue weighted by Gasteiger charge is 2.25. The quantitative estimate of drug-likeness (QED) is 0.875. The zero-order valence-corrected chi connectivity index (χ0v) is 13.4. The van der Waals surface area contributed by atoms with E-state index in [1.807, 2.05) is 0 Å². The van der Waals surface area contributed by atoms with Gasteiger partial charge in [0, 0.05) is 26.1 Å². The van der Waals surface area contributed by atoms with E-state index in [0.29, 0.717) is 24.6 Å². The van der Waals surface area contributed by atoms with Crippen molar-refractivity contribution >= 4 is 5.91 Å². The number of hydrogen-bond acceptors (Lipinski definition) is 4. The molecule has 5 heteroatoms. The van der Waals surface area contributed by atoms with Crippen LogP contribution in [0.3, 0.4) is 0 Å². The summed E-state index contributed by atoms with van der Waals surface area (Å²) >= 11 is 0. The van der Waals surface area contributed by atoms with Crippen molar-refractivity contribution in [3.05, 3.63) is 23.8 Å². The van der Waals surface area contributed by atoms with E-state index >= 15 is 0 Å². The fraction of sp³-hybridized carbons (Fsp3) is 0.588. The van der Waals surface area contributed by atoms with E-state index in [9.17, 15) is 9.90 Å². The van der Waals surface area contributed by atoms with Crippen molar-refractivity contribution in [2.24, 2.45) is 11.7 Å². The maximum absolute atomic E-state index is 12.4. The molecular weight excluding hydrogens is 280 g/mol. The molecule has 2 atom stereocenters. The van der Waals surface area contributed by atoms with E-state index in [1.54, 1.807) is 30.1 Å². The first-order valence-electron chi connectivity index (χ1n) is 7.86. The fourth-order valence-electron chi connectivity index (χ4n) is 3.05. The van der Waals surface area contributed by atoms with Crippen LogP contribution in [0, 0.1) is 5.92 Å². The van der Waals surface area contributed by atoms with Crippen molar-refractivity contribution in [1.29, 1.82) is 0 Å². The van der Waals surface area contributed by atoms with Crippen LogP contribution in [0.2, 0.25) is 0 Å². The number of rotatable bonds is 5. The summed E-state index contributed by atoms with van der Waals surface area (Å²) in [5, 5.41) is 9.60. The minimum atomic E-state index is 0.105. The second kappa shape index (κ2) is 7.49. The molecule has 0 radical (unpaired) electrons. The van der Waals surface area contributed by atoms with E-state index < -0.39 is 0 Å². The third-order valence-electron chi connectivity index (χ3n) is 4.49. The van der Waals surface area contributed by atoms with Crippen LogP contribution in [0.15, 0.2) is 18.2 Å². The summed E-state index contributed by atoms with van der Waals surface area (Å²) in [7, 11) is 3.31. The predicted molar refractivity (Wildman–Crippen MR) is 85.7 cm³/mol. The van der Waals surface area contributed by atoms with Gasteiger partial charge in [-0.2, -0.15) is 0 Å². The van der Waals surface area contributed by atoms with Crippen molar-refractivity contribution < 1.29 is 14.6 Å². The lowest BCUT2D eigenvalue weighted by atomic mass is 9.83. The Hall–Kier alpha value is -1.75. The standard InChI is InChI=1S/C17H26N2O3/c1-19(11-12-7-8-15(20)16(9-12)22-2)17(21)10-13-5-3-4-6-14(13)18/h7-9,13-14,20H,3-6,10-11,18H2,1-2H3. The van der Waals surface area contributed by atoms with E-state index in [-0.39, 0.29) is 17.7 Å². The summed E-state index contributed by atoms with van der Waals surface area (Å²) in [6.45, 7) is 0.497. The van der Waals surface area contributed by atoms with Crippen LogP contribution >= 0.6 is 0 Å². The third kappa shape index (κ3) is 4.13. The second-order valence-electron chi connectivity index (χ2n) is 6.17. The zero-order chi connectivity index (χ0) is 16.1. The van der Waals surface area contributed by atoms with E-state index in [2.05, 4.69) is 0 Å². The second-order valence-corrected chi connectivity index (χ2v) is 6.17. The molecule has 1 fully saturated rings. The van der Waals surface area contributed by atoms with Gasteiger partial charge < -0.3 is 20.5 Å². The molecular formula is C17H26N2O3. The number of phenols is 1. The number of nitrogens with zero attached hydrogens (tertiary/aromatic N) is 1. The number of nitrogens with two attached hydrogens (primary N) is 1. The molecule has 5 nitrogen and oxygen atoms in total. The van der Waals surface area contributed by atoms with Crippen LogP contribution in [-0.2, 0) is 11.3 Å². The summed E-state index contributed by atoms with van der Waals surface area (Å²) in [5.74, 6) is 0.952. The Balaban J connectivity index is 1.93. The fourth-order valence-corrected chi connectivity index (χ4v) is 3.05. The molecule has 1 amide bonds. The number of carbonyl (C=O) groups is 1. The molecule has 1 aliphatic rings. The molecule has 22 heavy (non-hydrogen) atoms. The highest BCUT2D eigenvalue weighted by atomic mass is 16.5. The number of benzene rings is 1.